The van der Waals surface area contributed by atoms with Crippen molar-refractivity contribution >= 4 is 19.5 Å². The summed E-state index contributed by atoms with van der Waals surface area (Å²) in [6, 6.07) is 8.37. The smallest absolute Gasteiger partial charge is 0.336 e. The molecule has 116 valence electrons. The van der Waals surface area contributed by atoms with Crippen LogP contribution in [0.15, 0.2) is 30.3 Å². The van der Waals surface area contributed by atoms with Gasteiger partial charge in [-0.2, -0.15) is 0 Å². The molecule has 3 atom stereocenters. The lowest BCUT2D eigenvalue weighted by Gasteiger charge is -2.22. The van der Waals surface area contributed by atoms with Crippen LogP contribution in [-0.4, -0.2) is 33.1 Å². The van der Waals surface area contributed by atoms with Gasteiger partial charge in [0.1, 0.15) is 0 Å². The number of benzene rings is 1. The van der Waals surface area contributed by atoms with Crippen LogP contribution in [0.1, 0.15) is 31.0 Å². The Morgan fingerprint density at radius 3 is 2.29 bits per heavy atom. The van der Waals surface area contributed by atoms with Gasteiger partial charge in [0.05, 0.1) is 5.66 Å². The maximum absolute atomic E-state index is 12.2. The number of carboxylic acids is 2. The molecule has 1 rings (SSSR count). The maximum Gasteiger partial charge on any atom is 0.336 e. The SMILES string of the molecule is CC(c1ccccc1)P(=O)(O)OC(CCC(=O)O)C(=O)O. The molecule has 3 N–H and O–H groups in total. The molecule has 0 fully saturated rings. The molecule has 0 radical (unpaired) electrons. The second kappa shape index (κ2) is 7.36. The van der Waals surface area contributed by atoms with Gasteiger partial charge in [0.25, 0.3) is 0 Å². The minimum absolute atomic E-state index is 0.378. The van der Waals surface area contributed by atoms with Crippen LogP contribution in [0.5, 0.6) is 0 Å². The summed E-state index contributed by atoms with van der Waals surface area (Å²) in [5.74, 6) is -2.67. The second-order valence-electron chi connectivity index (χ2n) is 4.52. The minimum atomic E-state index is -4.25. The van der Waals surface area contributed by atoms with Gasteiger partial charge >= 0.3 is 19.5 Å². The van der Waals surface area contributed by atoms with Crippen molar-refractivity contribution in [1.82, 2.24) is 0 Å². The Morgan fingerprint density at radius 1 is 1.24 bits per heavy atom. The molecular weight excluding hydrogens is 299 g/mol. The van der Waals surface area contributed by atoms with Crippen molar-refractivity contribution in [1.29, 1.82) is 0 Å². The number of hydrogen-bond donors (Lipinski definition) is 3. The normalized spacial score (nSPS) is 16.7. The van der Waals surface area contributed by atoms with E-state index in [2.05, 4.69) is 0 Å². The fourth-order valence-electron chi connectivity index (χ4n) is 1.67. The highest BCUT2D eigenvalue weighted by molar-refractivity contribution is 7.53. The summed E-state index contributed by atoms with van der Waals surface area (Å²) in [7, 11) is -4.25. The van der Waals surface area contributed by atoms with Crippen LogP contribution in [0, 0.1) is 0 Å². The third kappa shape index (κ3) is 5.30. The van der Waals surface area contributed by atoms with E-state index in [9.17, 15) is 19.0 Å². The van der Waals surface area contributed by atoms with Crippen molar-refractivity contribution in [2.24, 2.45) is 0 Å². The van der Waals surface area contributed by atoms with E-state index in [-0.39, 0.29) is 6.42 Å². The molecular formula is C13H17O7P. The van der Waals surface area contributed by atoms with E-state index in [1.165, 1.54) is 6.92 Å². The van der Waals surface area contributed by atoms with Gasteiger partial charge in [-0.05, 0) is 18.9 Å². The molecule has 0 spiro atoms. The monoisotopic (exact) mass is 316 g/mol. The quantitative estimate of drug-likeness (QED) is 0.629. The van der Waals surface area contributed by atoms with E-state index >= 15 is 0 Å². The van der Waals surface area contributed by atoms with Crippen molar-refractivity contribution < 1.29 is 33.8 Å². The predicted octanol–water partition coefficient (Wildman–Crippen LogP) is 2.27. The molecule has 0 amide bonds. The number of carbonyl (C=O) groups is 2. The highest BCUT2D eigenvalue weighted by Crippen LogP contribution is 2.57. The molecule has 3 unspecified atom stereocenters. The molecule has 0 saturated heterocycles. The van der Waals surface area contributed by atoms with Gasteiger partial charge in [0.15, 0.2) is 6.10 Å². The summed E-state index contributed by atoms with van der Waals surface area (Å²) in [4.78, 5) is 31.4. The van der Waals surface area contributed by atoms with Crippen LogP contribution in [0.4, 0.5) is 0 Å². The Bertz CT molecular complexity index is 543. The van der Waals surface area contributed by atoms with Gasteiger partial charge < -0.3 is 15.1 Å². The summed E-state index contributed by atoms with van der Waals surface area (Å²) >= 11 is 0. The van der Waals surface area contributed by atoms with E-state index in [0.29, 0.717) is 5.56 Å². The first-order valence-corrected chi connectivity index (χ1v) is 7.89. The van der Waals surface area contributed by atoms with Crippen LogP contribution in [0.25, 0.3) is 0 Å². The lowest BCUT2D eigenvalue weighted by molar-refractivity contribution is -0.146. The standard InChI is InChI=1S/C13H17O7P/c1-9(10-5-3-2-4-6-10)21(18,19)20-11(13(16)17)7-8-12(14)15/h2-6,9,11H,7-8H2,1H3,(H,14,15)(H,16,17)(H,18,19). The number of carboxylic acid groups (broad SMARTS) is 2. The first-order valence-electron chi connectivity index (χ1n) is 6.24. The Hall–Kier alpha value is -1.69. The summed E-state index contributed by atoms with van der Waals surface area (Å²) in [5.41, 5.74) is -0.379. The molecule has 0 aliphatic rings. The van der Waals surface area contributed by atoms with Crippen LogP contribution < -0.4 is 0 Å². The summed E-state index contributed by atoms with van der Waals surface area (Å²) in [6.07, 6.45) is -2.48. The fourth-order valence-corrected chi connectivity index (χ4v) is 2.96. The van der Waals surface area contributed by atoms with Crippen molar-refractivity contribution in [3.05, 3.63) is 35.9 Å². The molecule has 7 nitrogen and oxygen atoms in total. The van der Waals surface area contributed by atoms with Crippen LogP contribution >= 0.6 is 7.60 Å². The Kier molecular flexibility index (Phi) is 6.08. The van der Waals surface area contributed by atoms with Crippen LogP contribution in [0.2, 0.25) is 0 Å². The van der Waals surface area contributed by atoms with Gasteiger partial charge in [-0.1, -0.05) is 30.3 Å². The first-order chi connectivity index (χ1) is 9.74. The number of hydrogen-bond acceptors (Lipinski definition) is 4. The molecule has 21 heavy (non-hydrogen) atoms. The van der Waals surface area contributed by atoms with Gasteiger partial charge in [-0.3, -0.25) is 13.9 Å². The first kappa shape index (κ1) is 17.4. The van der Waals surface area contributed by atoms with E-state index < -0.39 is 37.7 Å². The largest absolute Gasteiger partial charge is 0.481 e. The van der Waals surface area contributed by atoms with Gasteiger partial charge in [0.2, 0.25) is 0 Å². The second-order valence-corrected chi connectivity index (χ2v) is 6.63. The number of aliphatic carboxylic acids is 2. The van der Waals surface area contributed by atoms with Crippen LogP contribution in [0.3, 0.4) is 0 Å². The number of rotatable bonds is 8. The summed E-state index contributed by atoms with van der Waals surface area (Å²) in [6.45, 7) is 1.45. The molecule has 0 aliphatic carbocycles. The average molecular weight is 316 g/mol. The van der Waals surface area contributed by atoms with Crippen molar-refractivity contribution in [2.75, 3.05) is 0 Å². The fraction of sp³-hybridized carbons (Fsp3) is 0.385. The molecule has 1 aromatic carbocycles. The van der Waals surface area contributed by atoms with E-state index in [1.54, 1.807) is 30.3 Å². The van der Waals surface area contributed by atoms with Crippen molar-refractivity contribution in [2.45, 2.75) is 31.5 Å². The van der Waals surface area contributed by atoms with E-state index in [1.807, 2.05) is 0 Å². The van der Waals surface area contributed by atoms with Crippen molar-refractivity contribution in [3.8, 4) is 0 Å². The maximum atomic E-state index is 12.2. The van der Waals surface area contributed by atoms with Gasteiger partial charge in [-0.25, -0.2) is 4.79 Å². The zero-order valence-corrected chi connectivity index (χ0v) is 12.3. The minimum Gasteiger partial charge on any atom is -0.481 e. The molecule has 0 heterocycles. The Labute approximate surface area is 121 Å². The van der Waals surface area contributed by atoms with Gasteiger partial charge in [0, 0.05) is 6.42 Å². The van der Waals surface area contributed by atoms with Crippen molar-refractivity contribution in [3.63, 3.8) is 0 Å². The molecule has 0 aromatic heterocycles. The molecule has 0 aliphatic heterocycles. The van der Waals surface area contributed by atoms with E-state index in [4.69, 9.17) is 14.7 Å². The third-order valence-electron chi connectivity index (χ3n) is 2.95. The highest BCUT2D eigenvalue weighted by Gasteiger charge is 2.35. The molecule has 0 saturated carbocycles. The lowest BCUT2D eigenvalue weighted by atomic mass is 10.2. The Balaban J connectivity index is 2.83. The summed E-state index contributed by atoms with van der Waals surface area (Å²) in [5, 5.41) is 17.5. The third-order valence-corrected chi connectivity index (χ3v) is 4.78. The predicted molar refractivity (Wildman–Crippen MR) is 74.1 cm³/mol. The molecule has 1 aromatic rings. The summed E-state index contributed by atoms with van der Waals surface area (Å²) < 4.78 is 17.0. The van der Waals surface area contributed by atoms with Crippen LogP contribution in [-0.2, 0) is 18.7 Å². The zero-order valence-electron chi connectivity index (χ0n) is 11.4. The highest BCUT2D eigenvalue weighted by atomic mass is 31.2. The van der Waals surface area contributed by atoms with Gasteiger partial charge in [-0.15, -0.1) is 0 Å². The molecule has 8 heteroatoms. The zero-order chi connectivity index (χ0) is 16.0. The average Bonchev–Trinajstić information content (AvgIpc) is 2.43. The molecule has 0 bridgehead atoms. The topological polar surface area (TPSA) is 121 Å². The van der Waals surface area contributed by atoms with E-state index in [0.717, 1.165) is 0 Å². The lowest BCUT2D eigenvalue weighted by Crippen LogP contribution is -2.24. The Morgan fingerprint density at radius 2 is 1.81 bits per heavy atom.